The lowest BCUT2D eigenvalue weighted by Crippen LogP contribution is -2.16. The van der Waals surface area contributed by atoms with Crippen molar-refractivity contribution in [1.29, 1.82) is 5.26 Å². The van der Waals surface area contributed by atoms with Gasteiger partial charge in [0.05, 0.1) is 12.3 Å². The average Bonchev–Trinajstić information content (AvgIpc) is 2.33. The zero-order valence-electron chi connectivity index (χ0n) is 5.07. The second kappa shape index (κ2) is 2.51. The van der Waals surface area contributed by atoms with Crippen LogP contribution >= 0.6 is 0 Å². The average molecular weight is 125 g/mol. The predicted octanol–water partition coefficient (Wildman–Crippen LogP) is 0.643. The molecule has 0 N–H and O–H groups in total. The minimum Gasteiger partial charge on any atom is -0.471 e. The van der Waals surface area contributed by atoms with E-state index in [-0.39, 0.29) is 5.92 Å². The summed E-state index contributed by atoms with van der Waals surface area (Å²) >= 11 is 0. The van der Waals surface area contributed by atoms with Gasteiger partial charge < -0.3 is 9.47 Å². The molecule has 0 aromatic heterocycles. The van der Waals surface area contributed by atoms with Gasteiger partial charge in [0.2, 0.25) is 6.29 Å². The van der Waals surface area contributed by atoms with Gasteiger partial charge in [-0.3, -0.25) is 0 Å². The molecule has 2 unspecified atom stereocenters. The van der Waals surface area contributed by atoms with E-state index in [1.807, 2.05) is 6.07 Å². The summed E-state index contributed by atoms with van der Waals surface area (Å²) in [4.78, 5) is 0. The zero-order chi connectivity index (χ0) is 6.69. The first-order valence-corrected chi connectivity index (χ1v) is 2.63. The highest BCUT2D eigenvalue weighted by atomic mass is 16.7. The third-order valence-electron chi connectivity index (χ3n) is 1.17. The molecule has 9 heavy (non-hydrogen) atoms. The van der Waals surface area contributed by atoms with Gasteiger partial charge in [-0.1, -0.05) is 0 Å². The monoisotopic (exact) mass is 125 g/mol. The Kier molecular flexibility index (Phi) is 1.71. The Morgan fingerprint density at radius 3 is 3.00 bits per heavy atom. The molecule has 0 bridgehead atoms. The molecule has 0 amide bonds. The fourth-order valence-corrected chi connectivity index (χ4v) is 0.689. The van der Waals surface area contributed by atoms with E-state index in [0.717, 1.165) is 0 Å². The number of ether oxygens (including phenoxy) is 2. The van der Waals surface area contributed by atoms with Gasteiger partial charge in [-0.2, -0.15) is 5.26 Å². The van der Waals surface area contributed by atoms with E-state index in [1.165, 1.54) is 13.4 Å². The Morgan fingerprint density at radius 2 is 2.56 bits per heavy atom. The van der Waals surface area contributed by atoms with Gasteiger partial charge in [0.25, 0.3) is 0 Å². The summed E-state index contributed by atoms with van der Waals surface area (Å²) in [6.45, 7) is 0. The van der Waals surface area contributed by atoms with Gasteiger partial charge >= 0.3 is 0 Å². The molecule has 1 aliphatic rings. The number of hydrogen-bond acceptors (Lipinski definition) is 3. The first-order chi connectivity index (χ1) is 4.38. The summed E-state index contributed by atoms with van der Waals surface area (Å²) in [5.41, 5.74) is 0. The van der Waals surface area contributed by atoms with Gasteiger partial charge in [-0.25, -0.2) is 0 Å². The Balaban J connectivity index is 2.52. The maximum absolute atomic E-state index is 8.41. The van der Waals surface area contributed by atoms with Crippen molar-refractivity contribution in [3.63, 3.8) is 0 Å². The third-order valence-corrected chi connectivity index (χ3v) is 1.17. The van der Waals surface area contributed by atoms with E-state index < -0.39 is 6.29 Å². The van der Waals surface area contributed by atoms with Crippen molar-refractivity contribution in [3.05, 3.63) is 12.3 Å². The first-order valence-electron chi connectivity index (χ1n) is 2.63. The van der Waals surface area contributed by atoms with Crippen LogP contribution in [0, 0.1) is 17.2 Å². The first kappa shape index (κ1) is 6.12. The van der Waals surface area contributed by atoms with Crippen molar-refractivity contribution in [2.75, 3.05) is 7.11 Å². The van der Waals surface area contributed by atoms with Crippen molar-refractivity contribution < 1.29 is 9.47 Å². The third kappa shape index (κ3) is 1.03. The molecule has 0 radical (unpaired) electrons. The summed E-state index contributed by atoms with van der Waals surface area (Å²) in [5.74, 6) is -0.241. The van der Waals surface area contributed by atoms with Crippen molar-refractivity contribution in [3.8, 4) is 6.07 Å². The highest BCUT2D eigenvalue weighted by Gasteiger charge is 2.22. The topological polar surface area (TPSA) is 42.2 Å². The maximum atomic E-state index is 8.41. The molecule has 48 valence electrons. The van der Waals surface area contributed by atoms with E-state index in [2.05, 4.69) is 0 Å². The number of rotatable bonds is 1. The Labute approximate surface area is 53.5 Å². The molecule has 1 aliphatic heterocycles. The summed E-state index contributed by atoms with van der Waals surface area (Å²) in [5, 5.41) is 8.41. The standard InChI is InChI=1S/C6H7NO2/c1-8-6-5(4-7)2-3-9-6/h2-3,5-6H,1H3. The van der Waals surface area contributed by atoms with Crippen molar-refractivity contribution >= 4 is 0 Å². The molecule has 3 heteroatoms. The fraction of sp³-hybridized carbons (Fsp3) is 0.500. The summed E-state index contributed by atoms with van der Waals surface area (Å²) in [6.07, 6.45) is 2.77. The normalized spacial score (nSPS) is 31.6. The second-order valence-electron chi connectivity index (χ2n) is 1.72. The predicted molar refractivity (Wildman–Crippen MR) is 30.1 cm³/mol. The minimum atomic E-state index is -0.394. The molecule has 0 aromatic carbocycles. The zero-order valence-corrected chi connectivity index (χ0v) is 5.07. The van der Waals surface area contributed by atoms with Gasteiger partial charge in [-0.15, -0.1) is 0 Å². The molecule has 1 rings (SSSR count). The lowest BCUT2D eigenvalue weighted by Gasteiger charge is -2.09. The van der Waals surface area contributed by atoms with Gasteiger partial charge in [-0.05, 0) is 6.08 Å². The maximum Gasteiger partial charge on any atom is 0.218 e. The summed E-state index contributed by atoms with van der Waals surface area (Å²) in [6, 6.07) is 2.03. The van der Waals surface area contributed by atoms with Crippen molar-refractivity contribution in [2.45, 2.75) is 6.29 Å². The molecule has 0 aromatic rings. The lowest BCUT2D eigenvalue weighted by atomic mass is 10.2. The van der Waals surface area contributed by atoms with E-state index in [0.29, 0.717) is 0 Å². The molecular formula is C6H7NO2. The van der Waals surface area contributed by atoms with E-state index in [1.54, 1.807) is 6.08 Å². The Bertz CT molecular complexity index is 159. The van der Waals surface area contributed by atoms with Gasteiger partial charge in [0.15, 0.2) is 0 Å². The van der Waals surface area contributed by atoms with Crippen LogP contribution in [0.1, 0.15) is 0 Å². The van der Waals surface area contributed by atoms with Crippen LogP contribution in [0.25, 0.3) is 0 Å². The van der Waals surface area contributed by atoms with Crippen LogP contribution in [0.15, 0.2) is 12.3 Å². The molecule has 0 aliphatic carbocycles. The van der Waals surface area contributed by atoms with Gasteiger partial charge in [0.1, 0.15) is 5.92 Å². The molecule has 3 nitrogen and oxygen atoms in total. The molecule has 0 saturated carbocycles. The van der Waals surface area contributed by atoms with Crippen molar-refractivity contribution in [1.82, 2.24) is 0 Å². The molecule has 0 fully saturated rings. The van der Waals surface area contributed by atoms with Crippen molar-refractivity contribution in [2.24, 2.45) is 5.92 Å². The van der Waals surface area contributed by atoms with Crippen LogP contribution < -0.4 is 0 Å². The van der Waals surface area contributed by atoms with Crippen LogP contribution in [0.3, 0.4) is 0 Å². The molecule has 1 heterocycles. The van der Waals surface area contributed by atoms with Crippen LogP contribution in [0.5, 0.6) is 0 Å². The summed E-state index contributed by atoms with van der Waals surface area (Å²) in [7, 11) is 1.52. The molecule has 0 saturated heterocycles. The second-order valence-corrected chi connectivity index (χ2v) is 1.72. The Morgan fingerprint density at radius 1 is 1.78 bits per heavy atom. The van der Waals surface area contributed by atoms with Gasteiger partial charge in [0, 0.05) is 7.11 Å². The molecule has 0 spiro atoms. The van der Waals surface area contributed by atoms with E-state index in [9.17, 15) is 0 Å². The molecule has 2 atom stereocenters. The quantitative estimate of drug-likeness (QED) is 0.516. The van der Waals surface area contributed by atoms with Crippen LogP contribution in [0.2, 0.25) is 0 Å². The lowest BCUT2D eigenvalue weighted by molar-refractivity contribution is -0.0813. The smallest absolute Gasteiger partial charge is 0.218 e. The number of hydrogen-bond donors (Lipinski definition) is 0. The highest BCUT2D eigenvalue weighted by molar-refractivity contribution is 5.03. The molecular weight excluding hydrogens is 118 g/mol. The van der Waals surface area contributed by atoms with Crippen LogP contribution in [0.4, 0.5) is 0 Å². The van der Waals surface area contributed by atoms with E-state index in [4.69, 9.17) is 14.7 Å². The number of nitriles is 1. The van der Waals surface area contributed by atoms with E-state index >= 15 is 0 Å². The van der Waals surface area contributed by atoms with Crippen LogP contribution in [-0.4, -0.2) is 13.4 Å². The Hall–Kier alpha value is -1.01. The SMILES string of the molecule is COC1OC=CC1C#N. The number of nitrogens with zero attached hydrogens (tertiary/aromatic N) is 1. The summed E-state index contributed by atoms with van der Waals surface area (Å²) < 4.78 is 9.69. The minimum absolute atomic E-state index is 0.241. The van der Waals surface area contributed by atoms with Crippen LogP contribution in [-0.2, 0) is 9.47 Å². The number of methoxy groups -OCH3 is 1. The largest absolute Gasteiger partial charge is 0.471 e. The fourth-order valence-electron chi connectivity index (χ4n) is 0.689. The highest BCUT2D eigenvalue weighted by Crippen LogP contribution is 2.16.